The maximum Gasteiger partial charge on any atom is 0.162 e. The predicted molar refractivity (Wildman–Crippen MR) is 43.0 cm³/mol. The molecule has 59 valence electrons. The molecule has 0 spiro atoms. The third-order valence-corrected chi connectivity index (χ3v) is 1.55. The number of halogens is 1. The van der Waals surface area contributed by atoms with Crippen LogP contribution in [0.25, 0.3) is 5.69 Å². The summed E-state index contributed by atoms with van der Waals surface area (Å²) in [5.74, 6) is 0. The van der Waals surface area contributed by atoms with Crippen LogP contribution in [0.5, 0.6) is 0 Å². The molecule has 0 N–H and O–H groups in total. The van der Waals surface area contributed by atoms with E-state index in [0.717, 1.165) is 0 Å². The molecular formula is C7H4ClN4. The molecule has 0 atom stereocenters. The zero-order valence-corrected chi connectivity index (χ0v) is 6.73. The largest absolute Gasteiger partial charge is 0.162 e. The second-order valence-corrected chi connectivity index (χ2v) is 2.55. The van der Waals surface area contributed by atoms with E-state index < -0.39 is 0 Å². The van der Waals surface area contributed by atoms with E-state index in [1.54, 1.807) is 18.2 Å². The van der Waals surface area contributed by atoms with Gasteiger partial charge in [0.15, 0.2) is 6.33 Å². The van der Waals surface area contributed by atoms with Crippen LogP contribution in [-0.2, 0) is 0 Å². The summed E-state index contributed by atoms with van der Waals surface area (Å²) < 4.78 is 0. The first-order chi connectivity index (χ1) is 5.86. The summed E-state index contributed by atoms with van der Waals surface area (Å²) in [6, 6.07) is 8.08. The molecular weight excluding hydrogens is 176 g/mol. The van der Waals surface area contributed by atoms with Crippen LogP contribution in [0.1, 0.15) is 0 Å². The van der Waals surface area contributed by atoms with Gasteiger partial charge in [-0.1, -0.05) is 17.7 Å². The number of tetrazole rings is 1. The van der Waals surface area contributed by atoms with Crippen LogP contribution in [0.4, 0.5) is 0 Å². The first kappa shape index (κ1) is 7.24. The summed E-state index contributed by atoms with van der Waals surface area (Å²) in [6.45, 7) is 0. The Kier molecular flexibility index (Phi) is 1.75. The Labute approximate surface area is 73.8 Å². The standard InChI is InChI=1S/C7H4ClN4/c8-6-2-1-3-7(4-6)12-10-5-9-11-12/h1-2,4-5H. The third kappa shape index (κ3) is 1.29. The summed E-state index contributed by atoms with van der Waals surface area (Å²) >= 11 is 5.75. The molecule has 0 aliphatic carbocycles. The molecule has 0 bridgehead atoms. The van der Waals surface area contributed by atoms with Crippen molar-refractivity contribution in [2.45, 2.75) is 0 Å². The van der Waals surface area contributed by atoms with Crippen LogP contribution in [-0.4, -0.2) is 20.2 Å². The van der Waals surface area contributed by atoms with Crippen molar-refractivity contribution >= 4 is 11.6 Å². The fourth-order valence-corrected chi connectivity index (χ4v) is 0.986. The average molecular weight is 180 g/mol. The average Bonchev–Trinajstić information content (AvgIpc) is 2.56. The van der Waals surface area contributed by atoms with Gasteiger partial charge in [-0.3, -0.25) is 0 Å². The van der Waals surface area contributed by atoms with Gasteiger partial charge in [0.05, 0.1) is 5.69 Å². The molecule has 1 heterocycles. The van der Waals surface area contributed by atoms with E-state index in [2.05, 4.69) is 21.5 Å². The molecule has 0 saturated heterocycles. The van der Waals surface area contributed by atoms with Crippen molar-refractivity contribution < 1.29 is 0 Å². The highest BCUT2D eigenvalue weighted by Crippen LogP contribution is 2.11. The maximum atomic E-state index is 5.75. The van der Waals surface area contributed by atoms with Crippen molar-refractivity contribution in [1.29, 1.82) is 0 Å². The second-order valence-electron chi connectivity index (χ2n) is 2.12. The third-order valence-electron chi connectivity index (χ3n) is 1.31. The Bertz CT molecular complexity index is 371. The molecule has 4 nitrogen and oxygen atoms in total. The van der Waals surface area contributed by atoms with E-state index in [1.807, 2.05) is 0 Å². The molecule has 0 aliphatic rings. The zero-order valence-electron chi connectivity index (χ0n) is 5.98. The van der Waals surface area contributed by atoms with Crippen LogP contribution in [0.2, 0.25) is 5.02 Å². The molecule has 0 amide bonds. The van der Waals surface area contributed by atoms with Crippen molar-refractivity contribution in [3.63, 3.8) is 0 Å². The van der Waals surface area contributed by atoms with Gasteiger partial charge < -0.3 is 0 Å². The van der Waals surface area contributed by atoms with E-state index in [9.17, 15) is 0 Å². The van der Waals surface area contributed by atoms with Gasteiger partial charge in [0, 0.05) is 11.1 Å². The smallest absolute Gasteiger partial charge is 0.135 e. The Morgan fingerprint density at radius 2 is 2.42 bits per heavy atom. The van der Waals surface area contributed by atoms with Crippen molar-refractivity contribution in [3.05, 3.63) is 35.6 Å². The van der Waals surface area contributed by atoms with Gasteiger partial charge >= 0.3 is 0 Å². The van der Waals surface area contributed by atoms with Gasteiger partial charge in [-0.2, -0.15) is 0 Å². The number of hydrogen-bond acceptors (Lipinski definition) is 3. The molecule has 0 fully saturated rings. The number of nitrogens with zero attached hydrogens (tertiary/aromatic N) is 4. The minimum Gasteiger partial charge on any atom is -0.135 e. The topological polar surface area (TPSA) is 43.6 Å². The first-order valence-corrected chi connectivity index (χ1v) is 3.64. The Hall–Kier alpha value is -1.42. The Balaban J connectivity index is 2.48. The fraction of sp³-hybridized carbons (Fsp3) is 0. The Morgan fingerprint density at radius 1 is 1.50 bits per heavy atom. The molecule has 0 unspecified atom stereocenters. The predicted octanol–water partition coefficient (Wildman–Crippen LogP) is 1.12. The quantitative estimate of drug-likeness (QED) is 0.659. The van der Waals surface area contributed by atoms with Gasteiger partial charge in [-0.05, 0) is 17.3 Å². The van der Waals surface area contributed by atoms with E-state index in [-0.39, 0.29) is 0 Å². The van der Waals surface area contributed by atoms with Crippen LogP contribution in [0.3, 0.4) is 0 Å². The molecule has 12 heavy (non-hydrogen) atoms. The number of hydrogen-bond donors (Lipinski definition) is 0. The first-order valence-electron chi connectivity index (χ1n) is 3.27. The number of aromatic nitrogens is 4. The highest BCUT2D eigenvalue weighted by atomic mass is 35.5. The zero-order chi connectivity index (χ0) is 8.39. The molecule has 0 aliphatic heterocycles. The lowest BCUT2D eigenvalue weighted by atomic mass is 10.3. The van der Waals surface area contributed by atoms with Gasteiger partial charge in [0.1, 0.15) is 0 Å². The molecule has 1 aromatic heterocycles. The van der Waals surface area contributed by atoms with Crippen LogP contribution < -0.4 is 0 Å². The van der Waals surface area contributed by atoms with Crippen LogP contribution in [0.15, 0.2) is 24.5 Å². The van der Waals surface area contributed by atoms with Crippen LogP contribution in [0, 0.1) is 6.07 Å². The molecule has 0 saturated carbocycles. The summed E-state index contributed by atoms with van der Waals surface area (Å²) in [5, 5.41) is 11.7. The monoisotopic (exact) mass is 179 g/mol. The lowest BCUT2D eigenvalue weighted by Crippen LogP contribution is -1.98. The highest BCUT2D eigenvalue weighted by Gasteiger charge is 1.97. The lowest BCUT2D eigenvalue weighted by molar-refractivity contribution is 0.719. The van der Waals surface area contributed by atoms with Crippen molar-refractivity contribution in [3.8, 4) is 5.69 Å². The number of rotatable bonds is 1. The normalized spacial score (nSPS) is 10.1. The highest BCUT2D eigenvalue weighted by molar-refractivity contribution is 6.30. The van der Waals surface area contributed by atoms with E-state index in [0.29, 0.717) is 10.7 Å². The minimum absolute atomic E-state index is 0.626. The molecule has 2 aromatic rings. The minimum atomic E-state index is 0.626. The summed E-state index contributed by atoms with van der Waals surface area (Å²) in [6.07, 6.45) is 1.36. The van der Waals surface area contributed by atoms with Gasteiger partial charge in [0.2, 0.25) is 0 Å². The lowest BCUT2D eigenvalue weighted by Gasteiger charge is -1.96. The molecule has 2 rings (SSSR count). The molecule has 1 radical (unpaired) electrons. The van der Waals surface area contributed by atoms with E-state index in [4.69, 9.17) is 11.6 Å². The van der Waals surface area contributed by atoms with Crippen molar-refractivity contribution in [2.75, 3.05) is 0 Å². The van der Waals surface area contributed by atoms with Crippen molar-refractivity contribution in [1.82, 2.24) is 20.2 Å². The van der Waals surface area contributed by atoms with Gasteiger partial charge in [-0.25, -0.2) is 0 Å². The number of benzene rings is 1. The Morgan fingerprint density at radius 3 is 3.08 bits per heavy atom. The molecule has 5 heteroatoms. The molecule has 1 aromatic carbocycles. The second kappa shape index (κ2) is 2.91. The fourth-order valence-electron chi connectivity index (χ4n) is 0.820. The summed E-state index contributed by atoms with van der Waals surface area (Å²) in [4.78, 5) is 1.35. The maximum absolute atomic E-state index is 5.75. The van der Waals surface area contributed by atoms with E-state index >= 15 is 0 Å². The van der Waals surface area contributed by atoms with E-state index in [1.165, 1.54) is 11.1 Å². The van der Waals surface area contributed by atoms with Gasteiger partial charge in [0.25, 0.3) is 0 Å². The van der Waals surface area contributed by atoms with Crippen molar-refractivity contribution in [2.24, 2.45) is 0 Å². The van der Waals surface area contributed by atoms with Crippen LogP contribution >= 0.6 is 11.6 Å². The summed E-state index contributed by atoms with van der Waals surface area (Å²) in [7, 11) is 0. The SMILES string of the molecule is Clc1cc[c]c(-n2ncnn2)c1. The summed E-state index contributed by atoms with van der Waals surface area (Å²) in [5.41, 5.74) is 0.681. The van der Waals surface area contributed by atoms with Gasteiger partial charge in [-0.15, -0.1) is 15.0 Å².